The molecule has 0 fully saturated rings. The zero-order valence-corrected chi connectivity index (χ0v) is 11.1. The van der Waals surface area contributed by atoms with Crippen molar-refractivity contribution in [3.05, 3.63) is 41.1 Å². The molecule has 0 saturated heterocycles. The standard InChI is InChI=1S/C14H12N2O2S/c1-17-11-4-2-9(3-5-11)12-13(18-16-14(12)15)10-6-7-19-8-10/h2-8H,1H3,(H2,15,16). The van der Waals surface area contributed by atoms with Crippen molar-refractivity contribution in [2.45, 2.75) is 0 Å². The Morgan fingerprint density at radius 1 is 1.16 bits per heavy atom. The first kappa shape index (κ1) is 11.8. The quantitative estimate of drug-likeness (QED) is 0.790. The van der Waals surface area contributed by atoms with Gasteiger partial charge in [-0.3, -0.25) is 0 Å². The second-order valence-electron chi connectivity index (χ2n) is 4.01. The van der Waals surface area contributed by atoms with Crippen LogP contribution in [0.4, 0.5) is 5.82 Å². The van der Waals surface area contributed by atoms with Crippen LogP contribution in [0, 0.1) is 0 Å². The average Bonchev–Trinajstić information content (AvgIpc) is 3.08. The van der Waals surface area contributed by atoms with E-state index in [0.29, 0.717) is 11.6 Å². The second kappa shape index (κ2) is 4.78. The third kappa shape index (κ3) is 2.08. The fourth-order valence-corrected chi connectivity index (χ4v) is 2.57. The van der Waals surface area contributed by atoms with Crippen LogP contribution in [0.1, 0.15) is 0 Å². The number of aromatic nitrogens is 1. The van der Waals surface area contributed by atoms with Gasteiger partial charge in [-0.1, -0.05) is 17.3 Å². The molecule has 3 aromatic rings. The van der Waals surface area contributed by atoms with Crippen molar-refractivity contribution in [1.29, 1.82) is 0 Å². The summed E-state index contributed by atoms with van der Waals surface area (Å²) in [6, 6.07) is 9.64. The first-order valence-corrected chi connectivity index (χ1v) is 6.66. The summed E-state index contributed by atoms with van der Waals surface area (Å²) < 4.78 is 10.5. The number of benzene rings is 1. The molecule has 2 aromatic heterocycles. The molecule has 0 spiro atoms. The molecular weight excluding hydrogens is 260 g/mol. The Bertz CT molecular complexity index is 672. The summed E-state index contributed by atoms with van der Waals surface area (Å²) in [5, 5.41) is 7.87. The molecule has 96 valence electrons. The van der Waals surface area contributed by atoms with Crippen LogP contribution < -0.4 is 10.5 Å². The van der Waals surface area contributed by atoms with Gasteiger partial charge in [-0.15, -0.1) is 0 Å². The minimum Gasteiger partial charge on any atom is -0.497 e. The number of nitrogen functional groups attached to an aromatic ring is 1. The summed E-state index contributed by atoms with van der Waals surface area (Å²) in [6.07, 6.45) is 0. The van der Waals surface area contributed by atoms with Gasteiger partial charge in [0.2, 0.25) is 0 Å². The first-order chi connectivity index (χ1) is 9.29. The summed E-state index contributed by atoms with van der Waals surface area (Å²) >= 11 is 1.61. The molecule has 4 nitrogen and oxygen atoms in total. The molecule has 2 heterocycles. The van der Waals surface area contributed by atoms with Gasteiger partial charge in [0.15, 0.2) is 11.6 Å². The molecule has 0 saturated carbocycles. The molecule has 3 rings (SSSR count). The average molecular weight is 272 g/mol. The fourth-order valence-electron chi connectivity index (χ4n) is 1.93. The number of thiophene rings is 1. The van der Waals surface area contributed by atoms with Crippen molar-refractivity contribution in [3.8, 4) is 28.2 Å². The van der Waals surface area contributed by atoms with Crippen LogP contribution in [0.25, 0.3) is 22.5 Å². The number of anilines is 1. The Morgan fingerprint density at radius 2 is 1.95 bits per heavy atom. The number of nitrogens with two attached hydrogens (primary N) is 1. The number of hydrogen-bond acceptors (Lipinski definition) is 5. The molecule has 5 heteroatoms. The van der Waals surface area contributed by atoms with Gasteiger partial charge in [0.25, 0.3) is 0 Å². The van der Waals surface area contributed by atoms with Gasteiger partial charge in [-0.05, 0) is 29.1 Å². The van der Waals surface area contributed by atoms with Crippen LogP contribution in [0.2, 0.25) is 0 Å². The Labute approximate surface area is 114 Å². The van der Waals surface area contributed by atoms with Gasteiger partial charge in [-0.2, -0.15) is 11.3 Å². The van der Waals surface area contributed by atoms with Crippen LogP contribution >= 0.6 is 11.3 Å². The van der Waals surface area contributed by atoms with E-state index in [2.05, 4.69) is 5.16 Å². The predicted molar refractivity (Wildman–Crippen MR) is 76.2 cm³/mol. The fraction of sp³-hybridized carbons (Fsp3) is 0.0714. The molecule has 0 radical (unpaired) electrons. The van der Waals surface area contributed by atoms with Gasteiger partial charge >= 0.3 is 0 Å². The summed E-state index contributed by atoms with van der Waals surface area (Å²) in [4.78, 5) is 0. The molecule has 0 aliphatic heterocycles. The lowest BCUT2D eigenvalue weighted by Gasteiger charge is -2.03. The maximum Gasteiger partial charge on any atom is 0.177 e. The van der Waals surface area contributed by atoms with Crippen molar-refractivity contribution in [1.82, 2.24) is 5.16 Å². The highest BCUT2D eigenvalue weighted by Crippen LogP contribution is 2.37. The molecule has 0 unspecified atom stereocenters. The van der Waals surface area contributed by atoms with Crippen molar-refractivity contribution in [2.24, 2.45) is 0 Å². The highest BCUT2D eigenvalue weighted by Gasteiger charge is 2.17. The monoisotopic (exact) mass is 272 g/mol. The largest absolute Gasteiger partial charge is 0.497 e. The molecule has 0 bridgehead atoms. The van der Waals surface area contributed by atoms with E-state index >= 15 is 0 Å². The molecule has 0 aliphatic rings. The van der Waals surface area contributed by atoms with Crippen LogP contribution in [-0.4, -0.2) is 12.3 Å². The van der Waals surface area contributed by atoms with Gasteiger partial charge in [0.1, 0.15) is 5.75 Å². The lowest BCUT2D eigenvalue weighted by atomic mass is 10.0. The lowest BCUT2D eigenvalue weighted by Crippen LogP contribution is -1.89. The Kier molecular flexibility index (Phi) is 2.97. The second-order valence-corrected chi connectivity index (χ2v) is 4.79. The molecule has 2 N–H and O–H groups in total. The van der Waals surface area contributed by atoms with E-state index in [1.807, 2.05) is 41.1 Å². The van der Waals surface area contributed by atoms with Gasteiger partial charge in [-0.25, -0.2) is 0 Å². The van der Waals surface area contributed by atoms with Gasteiger partial charge < -0.3 is 15.0 Å². The zero-order valence-electron chi connectivity index (χ0n) is 10.3. The minimum absolute atomic E-state index is 0.395. The minimum atomic E-state index is 0.395. The molecule has 0 amide bonds. The summed E-state index contributed by atoms with van der Waals surface area (Å²) in [5.74, 6) is 1.89. The summed E-state index contributed by atoms with van der Waals surface area (Å²) in [5.41, 5.74) is 8.68. The van der Waals surface area contributed by atoms with Crippen LogP contribution in [0.15, 0.2) is 45.6 Å². The van der Waals surface area contributed by atoms with E-state index in [9.17, 15) is 0 Å². The summed E-state index contributed by atoms with van der Waals surface area (Å²) in [7, 11) is 1.64. The maximum absolute atomic E-state index is 5.92. The number of ether oxygens (including phenoxy) is 1. The molecular formula is C14H12N2O2S. The predicted octanol–water partition coefficient (Wildman–Crippen LogP) is 3.66. The Balaban J connectivity index is 2.11. The van der Waals surface area contributed by atoms with Crippen molar-refractivity contribution < 1.29 is 9.26 Å². The van der Waals surface area contributed by atoms with E-state index in [0.717, 1.165) is 22.4 Å². The van der Waals surface area contributed by atoms with E-state index in [1.165, 1.54) is 0 Å². The van der Waals surface area contributed by atoms with Crippen molar-refractivity contribution in [2.75, 3.05) is 12.8 Å². The van der Waals surface area contributed by atoms with Crippen molar-refractivity contribution >= 4 is 17.2 Å². The normalized spacial score (nSPS) is 10.6. The number of methoxy groups -OCH3 is 1. The van der Waals surface area contributed by atoms with Gasteiger partial charge in [0.05, 0.1) is 12.7 Å². The Morgan fingerprint density at radius 3 is 2.58 bits per heavy atom. The highest BCUT2D eigenvalue weighted by molar-refractivity contribution is 7.08. The van der Waals surface area contributed by atoms with Gasteiger partial charge in [0, 0.05) is 10.9 Å². The highest BCUT2D eigenvalue weighted by atomic mass is 32.1. The molecule has 19 heavy (non-hydrogen) atoms. The van der Waals surface area contributed by atoms with Crippen LogP contribution in [0.5, 0.6) is 5.75 Å². The smallest absolute Gasteiger partial charge is 0.177 e. The zero-order chi connectivity index (χ0) is 13.2. The third-order valence-corrected chi connectivity index (χ3v) is 3.56. The maximum atomic E-state index is 5.92. The third-order valence-electron chi connectivity index (χ3n) is 2.88. The Hall–Kier alpha value is -2.27. The SMILES string of the molecule is COc1ccc(-c2c(N)noc2-c2ccsc2)cc1. The summed E-state index contributed by atoms with van der Waals surface area (Å²) in [6.45, 7) is 0. The first-order valence-electron chi connectivity index (χ1n) is 5.71. The van der Waals surface area contributed by atoms with E-state index in [4.69, 9.17) is 15.0 Å². The van der Waals surface area contributed by atoms with Crippen LogP contribution in [-0.2, 0) is 0 Å². The topological polar surface area (TPSA) is 61.3 Å². The number of hydrogen-bond donors (Lipinski definition) is 1. The van der Waals surface area contributed by atoms with E-state index < -0.39 is 0 Å². The molecule has 1 aromatic carbocycles. The van der Waals surface area contributed by atoms with E-state index in [-0.39, 0.29) is 0 Å². The number of rotatable bonds is 3. The van der Waals surface area contributed by atoms with Crippen molar-refractivity contribution in [3.63, 3.8) is 0 Å². The lowest BCUT2D eigenvalue weighted by molar-refractivity contribution is 0.415. The number of nitrogens with zero attached hydrogens (tertiary/aromatic N) is 1. The van der Waals surface area contributed by atoms with Crippen LogP contribution in [0.3, 0.4) is 0 Å². The molecule has 0 atom stereocenters. The van der Waals surface area contributed by atoms with E-state index in [1.54, 1.807) is 18.4 Å². The molecule has 0 aliphatic carbocycles.